The third-order valence-corrected chi connectivity index (χ3v) is 5.47. The summed E-state index contributed by atoms with van der Waals surface area (Å²) < 4.78 is 16.2. The van der Waals surface area contributed by atoms with Crippen molar-refractivity contribution in [3.8, 4) is 11.3 Å². The van der Waals surface area contributed by atoms with Crippen molar-refractivity contribution in [2.24, 2.45) is 10.1 Å². The molecule has 0 spiro atoms. The lowest BCUT2D eigenvalue weighted by molar-refractivity contribution is 0.629. The van der Waals surface area contributed by atoms with Crippen LogP contribution in [0.2, 0.25) is 0 Å². The van der Waals surface area contributed by atoms with Crippen molar-refractivity contribution in [1.29, 1.82) is 0 Å². The summed E-state index contributed by atoms with van der Waals surface area (Å²) in [6, 6.07) is 22.6. The molecule has 0 saturated carbocycles. The molecule has 150 valence electrons. The Morgan fingerprint density at radius 3 is 2.53 bits per heavy atom. The van der Waals surface area contributed by atoms with E-state index in [1.54, 1.807) is 23.0 Å². The topological polar surface area (TPSA) is 42.5 Å². The average Bonchev–Trinajstić information content (AvgIpc) is 3.17. The van der Waals surface area contributed by atoms with Gasteiger partial charge in [-0.25, -0.2) is 9.07 Å². The second kappa shape index (κ2) is 9.41. The molecule has 0 aliphatic rings. The molecule has 0 N–H and O–H groups in total. The van der Waals surface area contributed by atoms with Crippen LogP contribution < -0.4 is 4.80 Å². The van der Waals surface area contributed by atoms with Gasteiger partial charge in [-0.1, -0.05) is 48.5 Å². The fourth-order valence-electron chi connectivity index (χ4n) is 3.06. The zero-order chi connectivity index (χ0) is 20.8. The molecule has 2 aromatic heterocycles. The van der Waals surface area contributed by atoms with Crippen molar-refractivity contribution in [2.75, 3.05) is 6.54 Å². The molecule has 0 fully saturated rings. The summed E-state index contributed by atoms with van der Waals surface area (Å²) in [6.07, 6.45) is 2.56. The average molecular weight is 417 g/mol. The van der Waals surface area contributed by atoms with Gasteiger partial charge in [-0.2, -0.15) is 5.10 Å². The minimum Gasteiger partial charge on any atom is -0.257 e. The van der Waals surface area contributed by atoms with Gasteiger partial charge in [0.1, 0.15) is 5.82 Å². The van der Waals surface area contributed by atoms with E-state index in [1.807, 2.05) is 54.8 Å². The van der Waals surface area contributed by atoms with Gasteiger partial charge in [0.05, 0.1) is 17.1 Å². The van der Waals surface area contributed by atoms with Gasteiger partial charge in [0.15, 0.2) is 0 Å². The van der Waals surface area contributed by atoms with Crippen LogP contribution in [0.5, 0.6) is 0 Å². The van der Waals surface area contributed by atoms with Crippen LogP contribution in [0.15, 0.2) is 94.5 Å². The number of benzene rings is 2. The highest BCUT2D eigenvalue weighted by molar-refractivity contribution is 7.07. The first-order valence-electron chi connectivity index (χ1n) is 9.69. The summed E-state index contributed by atoms with van der Waals surface area (Å²) in [6.45, 7) is 2.52. The molecule has 6 heteroatoms. The minimum atomic E-state index is -0.287. The van der Waals surface area contributed by atoms with Crippen molar-refractivity contribution >= 4 is 17.0 Å². The largest absolute Gasteiger partial charge is 0.257 e. The van der Waals surface area contributed by atoms with Gasteiger partial charge in [0.25, 0.3) is 0 Å². The minimum absolute atomic E-state index is 0.287. The summed E-state index contributed by atoms with van der Waals surface area (Å²) in [5.41, 5.74) is 3.90. The Morgan fingerprint density at radius 1 is 1.00 bits per heavy atom. The zero-order valence-corrected chi connectivity index (χ0v) is 17.4. The number of aromatic nitrogens is 2. The Morgan fingerprint density at radius 2 is 1.77 bits per heavy atom. The molecule has 0 bridgehead atoms. The van der Waals surface area contributed by atoms with E-state index in [4.69, 9.17) is 10.1 Å². The second-order valence-corrected chi connectivity index (χ2v) is 7.55. The Hall–Kier alpha value is -3.38. The fraction of sp³-hybridized carbons (Fsp3) is 0.125. The normalized spacial score (nSPS) is 12.3. The van der Waals surface area contributed by atoms with Gasteiger partial charge in [-0.05, 0) is 43.2 Å². The van der Waals surface area contributed by atoms with E-state index in [2.05, 4.69) is 17.1 Å². The van der Waals surface area contributed by atoms with Crippen LogP contribution in [0.3, 0.4) is 0 Å². The molecule has 0 atom stereocenters. The van der Waals surface area contributed by atoms with E-state index in [0.717, 1.165) is 22.6 Å². The highest BCUT2D eigenvalue weighted by Crippen LogP contribution is 2.23. The van der Waals surface area contributed by atoms with Gasteiger partial charge in [-0.3, -0.25) is 9.98 Å². The number of hydrogen-bond acceptors (Lipinski definition) is 4. The number of thiazole rings is 1. The second-order valence-electron chi connectivity index (χ2n) is 6.71. The van der Waals surface area contributed by atoms with Gasteiger partial charge < -0.3 is 0 Å². The van der Waals surface area contributed by atoms with Crippen molar-refractivity contribution in [2.45, 2.75) is 13.3 Å². The zero-order valence-electron chi connectivity index (χ0n) is 16.6. The number of hydrogen-bond donors (Lipinski definition) is 0. The Labute approximate surface area is 178 Å². The maximum atomic E-state index is 14.5. The summed E-state index contributed by atoms with van der Waals surface area (Å²) in [7, 11) is 0. The lowest BCUT2D eigenvalue weighted by atomic mass is 10.1. The van der Waals surface area contributed by atoms with Gasteiger partial charge in [0, 0.05) is 23.7 Å². The smallest absolute Gasteiger partial charge is 0.206 e. The number of nitrogens with zero attached hydrogens (tertiary/aromatic N) is 4. The molecule has 4 nitrogen and oxygen atoms in total. The third-order valence-electron chi connectivity index (χ3n) is 4.61. The first-order chi connectivity index (χ1) is 14.7. The standard InChI is InChI=1S/C24H21FN4S/c1-18(22-13-7-8-15-26-22)28-29-23(20-11-5-6-12-21(20)25)17-30-24(29)27-16-14-19-9-3-2-4-10-19/h2-13,15,17H,14,16H2,1H3. The first-order valence-corrected chi connectivity index (χ1v) is 10.6. The van der Waals surface area contributed by atoms with Crippen molar-refractivity contribution in [1.82, 2.24) is 9.66 Å². The van der Waals surface area contributed by atoms with Gasteiger partial charge in [-0.15, -0.1) is 11.3 Å². The lowest BCUT2D eigenvalue weighted by Crippen LogP contribution is -2.15. The quantitative estimate of drug-likeness (QED) is 0.400. The predicted molar refractivity (Wildman–Crippen MR) is 120 cm³/mol. The molecule has 0 unspecified atom stereocenters. The predicted octanol–water partition coefficient (Wildman–Crippen LogP) is 5.17. The highest BCUT2D eigenvalue weighted by atomic mass is 32.1. The molecule has 30 heavy (non-hydrogen) atoms. The van der Waals surface area contributed by atoms with Gasteiger partial charge in [0.2, 0.25) is 4.80 Å². The summed E-state index contributed by atoms with van der Waals surface area (Å²) in [5.74, 6) is -0.287. The van der Waals surface area contributed by atoms with E-state index in [0.29, 0.717) is 17.8 Å². The van der Waals surface area contributed by atoms with E-state index < -0.39 is 0 Å². The van der Waals surface area contributed by atoms with E-state index >= 15 is 0 Å². The van der Waals surface area contributed by atoms with Crippen LogP contribution in [-0.2, 0) is 6.42 Å². The van der Waals surface area contributed by atoms with Crippen LogP contribution in [-0.4, -0.2) is 21.9 Å². The van der Waals surface area contributed by atoms with E-state index in [-0.39, 0.29) is 5.82 Å². The molecule has 0 saturated heterocycles. The molecule has 4 aromatic rings. The molecule has 0 radical (unpaired) electrons. The summed E-state index contributed by atoms with van der Waals surface area (Å²) in [4.78, 5) is 9.84. The maximum Gasteiger partial charge on any atom is 0.206 e. The Balaban J connectivity index is 1.75. The highest BCUT2D eigenvalue weighted by Gasteiger charge is 2.12. The van der Waals surface area contributed by atoms with Crippen LogP contribution in [0.25, 0.3) is 11.3 Å². The van der Waals surface area contributed by atoms with E-state index in [9.17, 15) is 4.39 Å². The molecule has 0 aliphatic carbocycles. The number of halogens is 1. The van der Waals surface area contributed by atoms with Crippen molar-refractivity contribution in [3.63, 3.8) is 0 Å². The number of pyridine rings is 1. The summed E-state index contributed by atoms with van der Waals surface area (Å²) in [5, 5.41) is 6.65. The molecule has 2 heterocycles. The molecular weight excluding hydrogens is 395 g/mol. The molecule has 0 aliphatic heterocycles. The summed E-state index contributed by atoms with van der Waals surface area (Å²) >= 11 is 1.45. The fourth-order valence-corrected chi connectivity index (χ4v) is 3.91. The SMILES string of the molecule is CC(=Nn1c(-c2ccccc2F)csc1=NCCc1ccccc1)c1ccccn1. The maximum absolute atomic E-state index is 14.5. The third kappa shape index (κ3) is 4.60. The molecular formula is C24H21FN4S. The van der Waals surface area contributed by atoms with Crippen LogP contribution in [0.4, 0.5) is 4.39 Å². The van der Waals surface area contributed by atoms with Crippen LogP contribution in [0, 0.1) is 5.82 Å². The Kier molecular flexibility index (Phi) is 6.25. The molecule has 4 rings (SSSR count). The monoisotopic (exact) mass is 416 g/mol. The van der Waals surface area contributed by atoms with Crippen molar-refractivity contribution < 1.29 is 4.39 Å². The van der Waals surface area contributed by atoms with Crippen LogP contribution in [0.1, 0.15) is 18.2 Å². The Bertz CT molecular complexity index is 1210. The number of rotatable bonds is 6. The van der Waals surface area contributed by atoms with Crippen molar-refractivity contribution in [3.05, 3.63) is 106 Å². The molecule has 0 amide bonds. The van der Waals surface area contributed by atoms with Gasteiger partial charge >= 0.3 is 0 Å². The van der Waals surface area contributed by atoms with E-state index in [1.165, 1.54) is 23.0 Å². The van der Waals surface area contributed by atoms with Crippen LogP contribution >= 0.6 is 11.3 Å². The lowest BCUT2D eigenvalue weighted by Gasteiger charge is -2.07. The first kappa shape index (κ1) is 19.9. The molecule has 2 aromatic carbocycles.